The summed E-state index contributed by atoms with van der Waals surface area (Å²) in [7, 11) is -3.61. The summed E-state index contributed by atoms with van der Waals surface area (Å²) < 4.78 is 68.0. The molecule has 0 radical (unpaired) electrons. The molecule has 0 amide bonds. The molecule has 6 nitrogen and oxygen atoms in total. The lowest BCUT2D eigenvalue weighted by atomic mass is 9.81. The van der Waals surface area contributed by atoms with Gasteiger partial charge >= 0.3 is 12.1 Å². The number of aromatic nitrogens is 2. The highest BCUT2D eigenvalue weighted by molar-refractivity contribution is 7.88. The van der Waals surface area contributed by atoms with E-state index in [1.807, 2.05) is 6.92 Å². The molecule has 2 atom stereocenters. The van der Waals surface area contributed by atoms with Crippen molar-refractivity contribution < 1.29 is 26.1 Å². The molecule has 0 bridgehead atoms. The first-order chi connectivity index (χ1) is 13.3. The molecule has 29 heavy (non-hydrogen) atoms. The van der Waals surface area contributed by atoms with Gasteiger partial charge in [0.2, 0.25) is 15.8 Å². The third-order valence-electron chi connectivity index (χ3n) is 4.76. The van der Waals surface area contributed by atoms with Crippen molar-refractivity contribution in [2.24, 2.45) is 5.92 Å². The van der Waals surface area contributed by atoms with E-state index in [0.717, 1.165) is 6.26 Å². The van der Waals surface area contributed by atoms with Crippen molar-refractivity contribution in [1.29, 1.82) is 0 Å². The molecule has 12 heteroatoms. The molecular weight excluding hydrogens is 454 g/mol. The van der Waals surface area contributed by atoms with Crippen LogP contribution in [-0.4, -0.2) is 29.1 Å². The second-order valence-corrected chi connectivity index (χ2v) is 10.4. The predicted octanol–water partition coefficient (Wildman–Crippen LogP) is 4.49. The van der Waals surface area contributed by atoms with Gasteiger partial charge in [-0.25, -0.2) is 13.1 Å². The van der Waals surface area contributed by atoms with Crippen LogP contribution in [0.2, 0.25) is 0 Å². The average Bonchev–Trinajstić information content (AvgIpc) is 3.02. The molecule has 1 saturated carbocycles. The van der Waals surface area contributed by atoms with Crippen LogP contribution in [-0.2, 0) is 21.7 Å². The zero-order chi connectivity index (χ0) is 21.7. The average molecular weight is 472 g/mol. The zero-order valence-corrected chi connectivity index (χ0v) is 17.8. The van der Waals surface area contributed by atoms with Crippen LogP contribution in [0.4, 0.5) is 13.2 Å². The highest BCUT2D eigenvalue weighted by Gasteiger charge is 2.63. The lowest BCUT2D eigenvalue weighted by Gasteiger charge is -2.35. The molecule has 1 heterocycles. The number of nitrogens with one attached hydrogen (secondary N) is 1. The monoisotopic (exact) mass is 471 g/mol. The number of sulfonamides is 1. The van der Waals surface area contributed by atoms with E-state index in [1.54, 1.807) is 12.1 Å². The van der Waals surface area contributed by atoms with Crippen LogP contribution >= 0.6 is 23.2 Å². The maximum absolute atomic E-state index is 12.7. The molecule has 2 aromatic rings. The minimum atomic E-state index is -4.74. The fraction of sp³-hybridized carbons (Fsp3) is 0.529. The standard InChI is InChI=1S/C17H18Cl2F3N3O3S/c1-3-8-15(25-29(2,26)27,12-9-16(12,18)19)11-6-4-10(5-7-11)13-23-14(28-24-13)17(20,21)22/h4-7,12,25H,3,8-9H2,1-2H3. The summed E-state index contributed by atoms with van der Waals surface area (Å²) in [5.74, 6) is -2.03. The van der Waals surface area contributed by atoms with Crippen LogP contribution in [0.1, 0.15) is 37.6 Å². The first-order valence-corrected chi connectivity index (χ1v) is 11.3. The molecule has 1 aromatic carbocycles. The Balaban J connectivity index is 2.00. The molecule has 0 aliphatic heterocycles. The van der Waals surface area contributed by atoms with Crippen LogP contribution in [0.15, 0.2) is 28.8 Å². The minimum absolute atomic E-state index is 0.225. The van der Waals surface area contributed by atoms with Crippen molar-refractivity contribution in [2.45, 2.75) is 42.2 Å². The number of hydrogen-bond acceptors (Lipinski definition) is 5. The van der Waals surface area contributed by atoms with E-state index >= 15 is 0 Å². The Morgan fingerprint density at radius 1 is 1.28 bits per heavy atom. The zero-order valence-electron chi connectivity index (χ0n) is 15.4. The van der Waals surface area contributed by atoms with Gasteiger partial charge in [-0.3, -0.25) is 0 Å². The molecular formula is C17H18Cl2F3N3O3S. The summed E-state index contributed by atoms with van der Waals surface area (Å²) in [6, 6.07) is 6.21. The topological polar surface area (TPSA) is 85.1 Å². The van der Waals surface area contributed by atoms with Gasteiger partial charge in [0.05, 0.1) is 11.8 Å². The highest BCUT2D eigenvalue weighted by Crippen LogP contribution is 2.62. The fourth-order valence-corrected chi connectivity index (χ4v) is 5.25. The van der Waals surface area contributed by atoms with Gasteiger partial charge in [-0.1, -0.05) is 42.8 Å². The smallest absolute Gasteiger partial charge is 0.329 e. The highest BCUT2D eigenvalue weighted by atomic mass is 35.5. The Bertz CT molecular complexity index is 993. The van der Waals surface area contributed by atoms with Crippen molar-refractivity contribution in [1.82, 2.24) is 14.9 Å². The minimum Gasteiger partial charge on any atom is -0.329 e. The second-order valence-electron chi connectivity index (χ2n) is 7.11. The summed E-state index contributed by atoms with van der Waals surface area (Å²) in [4.78, 5) is 3.35. The number of hydrogen-bond donors (Lipinski definition) is 1. The summed E-state index contributed by atoms with van der Waals surface area (Å²) in [5.41, 5.74) is -0.156. The Morgan fingerprint density at radius 2 is 1.86 bits per heavy atom. The van der Waals surface area contributed by atoms with Crippen LogP contribution in [0, 0.1) is 5.92 Å². The first kappa shape index (κ1) is 22.3. The lowest BCUT2D eigenvalue weighted by Crippen LogP contribution is -2.48. The molecule has 2 unspecified atom stereocenters. The molecule has 1 aromatic heterocycles. The van der Waals surface area contributed by atoms with Crippen LogP contribution in [0.3, 0.4) is 0 Å². The number of nitrogens with zero attached hydrogens (tertiary/aromatic N) is 2. The van der Waals surface area contributed by atoms with Crippen molar-refractivity contribution in [3.63, 3.8) is 0 Å². The Morgan fingerprint density at radius 3 is 2.28 bits per heavy atom. The van der Waals surface area contributed by atoms with Gasteiger partial charge in [-0.15, -0.1) is 23.2 Å². The quantitative estimate of drug-likeness (QED) is 0.601. The van der Waals surface area contributed by atoms with Gasteiger partial charge in [0, 0.05) is 11.5 Å². The van der Waals surface area contributed by atoms with E-state index in [-0.39, 0.29) is 17.3 Å². The molecule has 3 rings (SSSR count). The van der Waals surface area contributed by atoms with E-state index in [1.165, 1.54) is 12.1 Å². The SMILES string of the molecule is CCCC(NS(C)(=O)=O)(c1ccc(-c2noc(C(F)(F)F)n2)cc1)C1CC1(Cl)Cl. The third kappa shape index (κ3) is 4.70. The molecule has 1 aliphatic rings. The summed E-state index contributed by atoms with van der Waals surface area (Å²) in [6.07, 6.45) is -2.20. The first-order valence-electron chi connectivity index (χ1n) is 8.67. The summed E-state index contributed by atoms with van der Waals surface area (Å²) in [6.45, 7) is 1.90. The molecule has 160 valence electrons. The Hall–Kier alpha value is -1.36. The third-order valence-corrected chi connectivity index (χ3v) is 6.33. The maximum Gasteiger partial charge on any atom is 0.471 e. The molecule has 1 fully saturated rings. The van der Waals surface area contributed by atoms with Crippen molar-refractivity contribution >= 4 is 33.2 Å². The van der Waals surface area contributed by atoms with Crippen LogP contribution < -0.4 is 4.72 Å². The number of benzene rings is 1. The Kier molecular flexibility index (Phi) is 5.70. The largest absolute Gasteiger partial charge is 0.471 e. The summed E-state index contributed by atoms with van der Waals surface area (Å²) >= 11 is 12.5. The number of rotatable bonds is 7. The van der Waals surface area contributed by atoms with Gasteiger partial charge in [-0.05, 0) is 18.4 Å². The second kappa shape index (κ2) is 7.40. The van der Waals surface area contributed by atoms with Crippen molar-refractivity contribution in [3.8, 4) is 11.4 Å². The summed E-state index contributed by atoms with van der Waals surface area (Å²) in [5, 5.41) is 3.35. The molecule has 0 spiro atoms. The molecule has 1 aliphatic carbocycles. The van der Waals surface area contributed by atoms with E-state index in [2.05, 4.69) is 19.4 Å². The normalized spacial score (nSPS) is 21.0. The number of alkyl halides is 5. The van der Waals surface area contributed by atoms with E-state index in [9.17, 15) is 21.6 Å². The van der Waals surface area contributed by atoms with Gasteiger partial charge in [0.25, 0.3) is 0 Å². The van der Waals surface area contributed by atoms with E-state index in [0.29, 0.717) is 24.8 Å². The Labute approximate surface area is 175 Å². The van der Waals surface area contributed by atoms with E-state index < -0.39 is 32.0 Å². The van der Waals surface area contributed by atoms with Gasteiger partial charge in [0.15, 0.2) is 0 Å². The predicted molar refractivity (Wildman–Crippen MR) is 102 cm³/mol. The molecule has 1 N–H and O–H groups in total. The maximum atomic E-state index is 12.7. The van der Waals surface area contributed by atoms with Crippen LogP contribution in [0.5, 0.6) is 0 Å². The molecule has 0 saturated heterocycles. The number of halogens is 5. The van der Waals surface area contributed by atoms with Crippen LogP contribution in [0.25, 0.3) is 11.4 Å². The van der Waals surface area contributed by atoms with Crippen molar-refractivity contribution in [3.05, 3.63) is 35.7 Å². The van der Waals surface area contributed by atoms with Gasteiger partial charge in [-0.2, -0.15) is 18.2 Å². The van der Waals surface area contributed by atoms with Gasteiger partial charge in [0.1, 0.15) is 4.33 Å². The van der Waals surface area contributed by atoms with Gasteiger partial charge < -0.3 is 4.52 Å². The van der Waals surface area contributed by atoms with Crippen molar-refractivity contribution in [2.75, 3.05) is 6.26 Å². The van der Waals surface area contributed by atoms with E-state index in [4.69, 9.17) is 23.2 Å². The fourth-order valence-electron chi connectivity index (χ4n) is 3.55. The lowest BCUT2D eigenvalue weighted by molar-refractivity contribution is -0.159.